The van der Waals surface area contributed by atoms with Gasteiger partial charge < -0.3 is 4.57 Å². The van der Waals surface area contributed by atoms with E-state index in [2.05, 4.69) is 56.2 Å². The molecule has 8 heteroatoms. The maximum atomic E-state index is 4.44. The zero-order chi connectivity index (χ0) is 18.4. The van der Waals surface area contributed by atoms with E-state index in [1.807, 2.05) is 27.8 Å². The molecule has 0 aliphatic carbocycles. The summed E-state index contributed by atoms with van der Waals surface area (Å²) in [6, 6.07) is 6.21. The Balaban J connectivity index is 1.53. The van der Waals surface area contributed by atoms with Crippen LogP contribution in [0.1, 0.15) is 29.2 Å². The molecule has 0 atom stereocenters. The van der Waals surface area contributed by atoms with Gasteiger partial charge in [-0.25, -0.2) is 9.36 Å². The molecule has 0 bridgehead atoms. The molecule has 3 aromatic heterocycles. The van der Waals surface area contributed by atoms with Gasteiger partial charge in [-0.2, -0.15) is 5.10 Å². The van der Waals surface area contributed by atoms with Gasteiger partial charge in [0.15, 0.2) is 5.82 Å². The minimum Gasteiger partial charge on any atom is -0.313 e. The van der Waals surface area contributed by atoms with Crippen LogP contribution in [0, 0.1) is 13.8 Å². The maximum Gasteiger partial charge on any atom is 0.154 e. The van der Waals surface area contributed by atoms with E-state index in [0.717, 1.165) is 53.5 Å². The number of aromatic nitrogens is 8. The van der Waals surface area contributed by atoms with E-state index < -0.39 is 0 Å². The molecular weight excluding hydrogens is 340 g/mol. The highest BCUT2D eigenvalue weighted by atomic mass is 15.4. The predicted octanol–water partition coefficient (Wildman–Crippen LogP) is 2.33. The molecule has 0 N–H and O–H groups in total. The van der Waals surface area contributed by atoms with E-state index in [0.29, 0.717) is 6.54 Å². The smallest absolute Gasteiger partial charge is 0.154 e. The molecule has 0 radical (unpaired) electrons. The van der Waals surface area contributed by atoms with Crippen molar-refractivity contribution < 1.29 is 0 Å². The molecule has 0 saturated carbocycles. The molecule has 1 aliphatic heterocycles. The van der Waals surface area contributed by atoms with Crippen molar-refractivity contribution in [1.29, 1.82) is 0 Å². The summed E-state index contributed by atoms with van der Waals surface area (Å²) in [5, 5.41) is 21.8. The van der Waals surface area contributed by atoms with Crippen LogP contribution in [0.3, 0.4) is 0 Å². The normalized spacial score (nSPS) is 13.3. The lowest BCUT2D eigenvalue weighted by atomic mass is 10.0. The summed E-state index contributed by atoms with van der Waals surface area (Å²) in [4.78, 5) is 0. The maximum absolute atomic E-state index is 4.44. The molecule has 136 valence electrons. The van der Waals surface area contributed by atoms with Crippen LogP contribution in [0.4, 0.5) is 0 Å². The third kappa shape index (κ3) is 2.73. The SMILES string of the molecule is Cc1cc(C)c(-c2cn(Cc3nnc4n3CCC4)nn2)c(-n2cccn2)c1. The van der Waals surface area contributed by atoms with Gasteiger partial charge in [0.2, 0.25) is 0 Å². The van der Waals surface area contributed by atoms with E-state index in [4.69, 9.17) is 0 Å². The first-order valence-corrected chi connectivity index (χ1v) is 9.12. The molecule has 0 saturated heterocycles. The van der Waals surface area contributed by atoms with E-state index >= 15 is 0 Å². The quantitative estimate of drug-likeness (QED) is 0.558. The van der Waals surface area contributed by atoms with Gasteiger partial charge in [-0.3, -0.25) is 0 Å². The third-order valence-electron chi connectivity index (χ3n) is 4.99. The average Bonchev–Trinajstić information content (AvgIpc) is 3.41. The summed E-state index contributed by atoms with van der Waals surface area (Å²) >= 11 is 0. The largest absolute Gasteiger partial charge is 0.313 e. The van der Waals surface area contributed by atoms with Crippen LogP contribution in [0.15, 0.2) is 36.8 Å². The Bertz CT molecular complexity index is 1100. The van der Waals surface area contributed by atoms with E-state index in [1.54, 1.807) is 6.20 Å². The van der Waals surface area contributed by atoms with Crippen LogP contribution in [-0.4, -0.2) is 39.5 Å². The van der Waals surface area contributed by atoms with Crippen molar-refractivity contribution in [3.63, 3.8) is 0 Å². The van der Waals surface area contributed by atoms with Gasteiger partial charge in [-0.15, -0.1) is 15.3 Å². The summed E-state index contributed by atoms with van der Waals surface area (Å²) in [5.41, 5.74) is 5.22. The first-order chi connectivity index (χ1) is 13.2. The van der Waals surface area contributed by atoms with Crippen molar-refractivity contribution in [1.82, 2.24) is 39.5 Å². The second kappa shape index (κ2) is 6.15. The lowest BCUT2D eigenvalue weighted by Crippen LogP contribution is -2.08. The zero-order valence-corrected chi connectivity index (χ0v) is 15.4. The first-order valence-electron chi connectivity index (χ1n) is 9.12. The number of fused-ring (bicyclic) bond motifs is 1. The summed E-state index contributed by atoms with van der Waals surface area (Å²) in [6.07, 6.45) is 7.84. The highest BCUT2D eigenvalue weighted by molar-refractivity contribution is 5.73. The molecule has 27 heavy (non-hydrogen) atoms. The van der Waals surface area contributed by atoms with Crippen molar-refractivity contribution in [2.45, 2.75) is 39.8 Å². The zero-order valence-electron chi connectivity index (χ0n) is 15.4. The van der Waals surface area contributed by atoms with Gasteiger partial charge in [0.1, 0.15) is 18.1 Å². The van der Waals surface area contributed by atoms with Gasteiger partial charge in [-0.1, -0.05) is 11.3 Å². The number of aryl methyl sites for hydroxylation is 3. The molecule has 4 heterocycles. The van der Waals surface area contributed by atoms with Gasteiger partial charge in [-0.05, 0) is 43.5 Å². The standard InChI is InChI=1S/C19H20N8/c1-13-9-14(2)19(16(10-13)27-8-4-6-20-27)15-11-25(24-21-15)12-18-23-22-17-5-3-7-26(17)18/h4,6,8-11H,3,5,7,12H2,1-2H3. The Kier molecular flexibility index (Phi) is 3.63. The fourth-order valence-electron chi connectivity index (χ4n) is 3.83. The van der Waals surface area contributed by atoms with E-state index in [1.165, 1.54) is 5.56 Å². The molecule has 5 rings (SSSR count). The Labute approximate surface area is 156 Å². The molecule has 1 aliphatic rings. The second-order valence-corrected chi connectivity index (χ2v) is 7.02. The molecule has 0 fully saturated rings. The van der Waals surface area contributed by atoms with Crippen molar-refractivity contribution in [2.24, 2.45) is 0 Å². The van der Waals surface area contributed by atoms with Gasteiger partial charge in [0.05, 0.1) is 11.9 Å². The summed E-state index contributed by atoms with van der Waals surface area (Å²) in [6.45, 7) is 5.74. The van der Waals surface area contributed by atoms with Crippen LogP contribution < -0.4 is 0 Å². The highest BCUT2D eigenvalue weighted by Gasteiger charge is 2.19. The molecule has 0 amide bonds. The lowest BCUT2D eigenvalue weighted by Gasteiger charge is -2.12. The summed E-state index contributed by atoms with van der Waals surface area (Å²) in [7, 11) is 0. The summed E-state index contributed by atoms with van der Waals surface area (Å²) < 4.78 is 5.89. The number of rotatable bonds is 4. The minimum absolute atomic E-state index is 0.571. The van der Waals surface area contributed by atoms with Crippen molar-refractivity contribution in [2.75, 3.05) is 0 Å². The number of hydrogen-bond donors (Lipinski definition) is 0. The average molecular weight is 360 g/mol. The van der Waals surface area contributed by atoms with Gasteiger partial charge in [0, 0.05) is 30.9 Å². The van der Waals surface area contributed by atoms with E-state index in [-0.39, 0.29) is 0 Å². The Morgan fingerprint density at radius 1 is 1.11 bits per heavy atom. The number of nitrogens with zero attached hydrogens (tertiary/aromatic N) is 8. The van der Waals surface area contributed by atoms with Crippen LogP contribution in [0.25, 0.3) is 16.9 Å². The fraction of sp³-hybridized carbons (Fsp3) is 0.316. The Morgan fingerprint density at radius 3 is 2.89 bits per heavy atom. The monoisotopic (exact) mass is 360 g/mol. The van der Waals surface area contributed by atoms with Gasteiger partial charge in [0.25, 0.3) is 0 Å². The summed E-state index contributed by atoms with van der Waals surface area (Å²) in [5.74, 6) is 2.01. The molecule has 8 nitrogen and oxygen atoms in total. The van der Waals surface area contributed by atoms with E-state index in [9.17, 15) is 0 Å². The second-order valence-electron chi connectivity index (χ2n) is 7.02. The van der Waals surface area contributed by atoms with Gasteiger partial charge >= 0.3 is 0 Å². The van der Waals surface area contributed by atoms with Crippen LogP contribution in [0.2, 0.25) is 0 Å². The predicted molar refractivity (Wildman–Crippen MR) is 99.5 cm³/mol. The Hall–Kier alpha value is -3.29. The molecule has 0 spiro atoms. The number of benzene rings is 1. The molecular formula is C19H20N8. The fourth-order valence-corrected chi connectivity index (χ4v) is 3.83. The third-order valence-corrected chi connectivity index (χ3v) is 4.99. The lowest BCUT2D eigenvalue weighted by molar-refractivity contribution is 0.586. The first kappa shape index (κ1) is 15.9. The molecule has 4 aromatic rings. The van der Waals surface area contributed by atoms with Crippen LogP contribution >= 0.6 is 0 Å². The minimum atomic E-state index is 0.571. The van der Waals surface area contributed by atoms with Crippen LogP contribution in [-0.2, 0) is 19.5 Å². The highest BCUT2D eigenvalue weighted by Crippen LogP contribution is 2.29. The molecule has 1 aromatic carbocycles. The number of hydrogen-bond acceptors (Lipinski definition) is 5. The topological polar surface area (TPSA) is 79.2 Å². The van der Waals surface area contributed by atoms with Crippen LogP contribution in [0.5, 0.6) is 0 Å². The molecule has 0 unspecified atom stereocenters. The van der Waals surface area contributed by atoms with Crippen molar-refractivity contribution in [3.8, 4) is 16.9 Å². The Morgan fingerprint density at radius 2 is 2.04 bits per heavy atom. The van der Waals surface area contributed by atoms with Crippen molar-refractivity contribution >= 4 is 0 Å². The van der Waals surface area contributed by atoms with Crippen molar-refractivity contribution in [3.05, 3.63) is 59.6 Å².